The third kappa shape index (κ3) is 3.53. The average molecular weight is 486 g/mol. The number of nitrogens with zero attached hydrogens (tertiary/aromatic N) is 2. The normalized spacial score (nSPS) is 37.4. The molecular formula is C31H39N3O2. The molecule has 7 atom stereocenters. The molecule has 4 unspecified atom stereocenters. The van der Waals surface area contributed by atoms with Crippen LogP contribution in [0.1, 0.15) is 64.5 Å². The van der Waals surface area contributed by atoms with E-state index in [4.69, 9.17) is 0 Å². The van der Waals surface area contributed by atoms with Crippen molar-refractivity contribution in [3.63, 3.8) is 0 Å². The number of aromatic nitrogens is 1. The molecule has 5 nitrogen and oxygen atoms in total. The Morgan fingerprint density at radius 3 is 2.75 bits per heavy atom. The topological polar surface area (TPSA) is 62.3 Å². The third-order valence-corrected chi connectivity index (χ3v) is 10.9. The van der Waals surface area contributed by atoms with Crippen molar-refractivity contribution >= 4 is 28.4 Å². The van der Waals surface area contributed by atoms with Gasteiger partial charge in [-0.05, 0) is 92.7 Å². The molecule has 2 amide bonds. The molecule has 2 heterocycles. The summed E-state index contributed by atoms with van der Waals surface area (Å²) >= 11 is 0. The van der Waals surface area contributed by atoms with E-state index in [9.17, 15) is 9.59 Å². The number of carbonyl (C=O) groups is 2. The molecule has 190 valence electrons. The largest absolute Gasteiger partial charge is 0.338 e. The molecule has 36 heavy (non-hydrogen) atoms. The minimum Gasteiger partial charge on any atom is -0.338 e. The molecule has 0 spiro atoms. The van der Waals surface area contributed by atoms with Crippen LogP contribution in [-0.4, -0.2) is 34.8 Å². The van der Waals surface area contributed by atoms with Crippen LogP contribution in [0.2, 0.25) is 0 Å². The van der Waals surface area contributed by atoms with Gasteiger partial charge in [0.05, 0.1) is 11.2 Å². The fourth-order valence-electron chi connectivity index (χ4n) is 9.02. The van der Waals surface area contributed by atoms with Crippen molar-refractivity contribution in [1.29, 1.82) is 0 Å². The fourth-order valence-corrected chi connectivity index (χ4v) is 9.02. The first-order valence-electron chi connectivity index (χ1n) is 13.8. The molecule has 3 saturated carbocycles. The molecule has 0 radical (unpaired) electrons. The predicted octanol–water partition coefficient (Wildman–Crippen LogP) is 6.13. The number of amides is 2. The van der Waals surface area contributed by atoms with E-state index in [1.54, 1.807) is 0 Å². The molecular weight excluding hydrogens is 446 g/mol. The minimum absolute atomic E-state index is 0.0721. The van der Waals surface area contributed by atoms with Gasteiger partial charge in [-0.25, -0.2) is 0 Å². The van der Waals surface area contributed by atoms with E-state index in [2.05, 4.69) is 30.2 Å². The number of aryl methyl sites for hydroxylation is 1. The molecule has 6 rings (SSSR count). The lowest BCUT2D eigenvalue weighted by atomic mass is 9.47. The Morgan fingerprint density at radius 2 is 1.92 bits per heavy atom. The van der Waals surface area contributed by atoms with Gasteiger partial charge in [0.2, 0.25) is 11.8 Å². The van der Waals surface area contributed by atoms with Crippen molar-refractivity contribution in [2.75, 3.05) is 12.4 Å². The molecule has 1 aromatic carbocycles. The predicted molar refractivity (Wildman–Crippen MR) is 143 cm³/mol. The SMILES string of the molecule is Cc1cc(NC(=O)C[C@H]2CCC3C4CCC5N(C)C(=O)C=C[C@]5(C)C4CC[C@@]32C)c2ccccc2n1. The quantitative estimate of drug-likeness (QED) is 0.569. The van der Waals surface area contributed by atoms with Crippen LogP contribution in [0.4, 0.5) is 5.69 Å². The van der Waals surface area contributed by atoms with Crippen molar-refractivity contribution in [3.8, 4) is 0 Å². The average Bonchev–Trinajstić information content (AvgIpc) is 3.17. The number of fused-ring (bicyclic) bond motifs is 6. The van der Waals surface area contributed by atoms with E-state index in [0.29, 0.717) is 36.1 Å². The van der Waals surface area contributed by atoms with Gasteiger partial charge in [0.25, 0.3) is 0 Å². The number of likely N-dealkylation sites (N-methyl/N-ethyl adjacent to an activating group) is 1. The number of para-hydroxylation sites is 1. The van der Waals surface area contributed by atoms with Gasteiger partial charge in [0, 0.05) is 36.0 Å². The number of rotatable bonds is 3. The Hall–Kier alpha value is -2.69. The van der Waals surface area contributed by atoms with Crippen molar-refractivity contribution in [2.24, 2.45) is 34.5 Å². The summed E-state index contributed by atoms with van der Waals surface area (Å²) < 4.78 is 0. The summed E-state index contributed by atoms with van der Waals surface area (Å²) in [5, 5.41) is 4.25. The first kappa shape index (κ1) is 23.7. The first-order chi connectivity index (χ1) is 17.2. The number of carbonyl (C=O) groups excluding carboxylic acids is 2. The van der Waals surface area contributed by atoms with Gasteiger partial charge in [0.15, 0.2) is 0 Å². The number of benzene rings is 1. The lowest BCUT2D eigenvalue weighted by Gasteiger charge is -2.60. The van der Waals surface area contributed by atoms with E-state index in [1.807, 2.05) is 55.3 Å². The smallest absolute Gasteiger partial charge is 0.246 e. The maximum absolute atomic E-state index is 13.4. The van der Waals surface area contributed by atoms with E-state index in [-0.39, 0.29) is 22.6 Å². The number of anilines is 1. The van der Waals surface area contributed by atoms with Crippen LogP contribution in [0, 0.1) is 41.4 Å². The van der Waals surface area contributed by atoms with Gasteiger partial charge in [-0.1, -0.05) is 38.1 Å². The summed E-state index contributed by atoms with van der Waals surface area (Å²) in [4.78, 5) is 32.3. The van der Waals surface area contributed by atoms with Crippen molar-refractivity contribution in [3.05, 3.63) is 48.2 Å². The summed E-state index contributed by atoms with van der Waals surface area (Å²) in [7, 11) is 1.99. The van der Waals surface area contributed by atoms with Crippen LogP contribution < -0.4 is 5.32 Å². The summed E-state index contributed by atoms with van der Waals surface area (Å²) in [6.07, 6.45) is 11.7. The van der Waals surface area contributed by atoms with E-state index >= 15 is 0 Å². The zero-order chi connectivity index (χ0) is 25.2. The van der Waals surface area contributed by atoms with Crippen molar-refractivity contribution in [1.82, 2.24) is 9.88 Å². The van der Waals surface area contributed by atoms with Gasteiger partial charge in [0.1, 0.15) is 0 Å². The highest BCUT2D eigenvalue weighted by atomic mass is 16.2. The highest BCUT2D eigenvalue weighted by Crippen LogP contribution is 2.66. The lowest BCUT2D eigenvalue weighted by molar-refractivity contribution is -0.139. The van der Waals surface area contributed by atoms with Crippen LogP contribution in [0.5, 0.6) is 0 Å². The van der Waals surface area contributed by atoms with Crippen LogP contribution >= 0.6 is 0 Å². The second kappa shape index (κ2) is 8.43. The molecule has 4 aliphatic rings. The van der Waals surface area contributed by atoms with E-state index < -0.39 is 0 Å². The molecule has 2 aromatic rings. The van der Waals surface area contributed by atoms with Gasteiger partial charge in [-0.3, -0.25) is 14.6 Å². The summed E-state index contributed by atoms with van der Waals surface area (Å²) in [5.41, 5.74) is 3.01. The van der Waals surface area contributed by atoms with Gasteiger partial charge in [-0.15, -0.1) is 0 Å². The molecule has 3 aliphatic carbocycles. The van der Waals surface area contributed by atoms with Gasteiger partial charge >= 0.3 is 0 Å². The Kier molecular flexibility index (Phi) is 5.55. The van der Waals surface area contributed by atoms with Crippen LogP contribution in [-0.2, 0) is 9.59 Å². The number of hydrogen-bond acceptors (Lipinski definition) is 3. The molecule has 1 aliphatic heterocycles. The molecule has 1 aromatic heterocycles. The number of hydrogen-bond donors (Lipinski definition) is 1. The highest BCUT2D eigenvalue weighted by Gasteiger charge is 2.60. The lowest BCUT2D eigenvalue weighted by Crippen LogP contribution is -2.59. The maximum atomic E-state index is 13.4. The Balaban J connectivity index is 1.20. The Morgan fingerprint density at radius 1 is 1.11 bits per heavy atom. The zero-order valence-electron chi connectivity index (χ0n) is 22.1. The number of pyridine rings is 1. The standard InChI is InChI=1S/C31H39N3O2/c1-19-17-26(22-7-5-6-8-25(22)32-19)33-28(35)18-20-9-11-23-21-10-12-27-31(3,16-14-29(36)34(27)4)24(21)13-15-30(20,23)2/h5-8,14,16-17,20-21,23-24,27H,9-13,15,18H2,1-4H3,(H,32,33,35)/t20-,21?,23?,24?,27?,30-,31-/m1/s1. The minimum atomic E-state index is 0.0721. The molecule has 0 saturated heterocycles. The molecule has 1 N–H and O–H groups in total. The second-order valence-electron chi connectivity index (χ2n) is 12.5. The fraction of sp³-hybridized carbons (Fsp3) is 0.581. The van der Waals surface area contributed by atoms with Gasteiger partial charge in [-0.2, -0.15) is 0 Å². The van der Waals surface area contributed by atoms with Crippen LogP contribution in [0.3, 0.4) is 0 Å². The summed E-state index contributed by atoms with van der Waals surface area (Å²) in [5.74, 6) is 2.70. The Labute approximate surface area is 214 Å². The summed E-state index contributed by atoms with van der Waals surface area (Å²) in [6, 6.07) is 10.3. The zero-order valence-corrected chi connectivity index (χ0v) is 22.1. The van der Waals surface area contributed by atoms with Crippen molar-refractivity contribution < 1.29 is 9.59 Å². The second-order valence-corrected chi connectivity index (χ2v) is 12.5. The number of nitrogens with one attached hydrogen (secondary N) is 1. The van der Waals surface area contributed by atoms with Crippen molar-refractivity contribution in [2.45, 2.75) is 71.8 Å². The summed E-state index contributed by atoms with van der Waals surface area (Å²) in [6.45, 7) is 6.86. The Bertz CT molecular complexity index is 1250. The highest BCUT2D eigenvalue weighted by molar-refractivity contribution is 6.01. The molecule has 3 fully saturated rings. The molecule has 0 bridgehead atoms. The monoisotopic (exact) mass is 485 g/mol. The first-order valence-corrected chi connectivity index (χ1v) is 13.8. The maximum Gasteiger partial charge on any atom is 0.246 e. The molecule has 5 heteroatoms. The van der Waals surface area contributed by atoms with E-state index in [1.165, 1.54) is 25.7 Å². The van der Waals surface area contributed by atoms with Gasteiger partial charge < -0.3 is 10.2 Å². The van der Waals surface area contributed by atoms with Crippen LogP contribution in [0.25, 0.3) is 10.9 Å². The third-order valence-electron chi connectivity index (χ3n) is 10.9. The van der Waals surface area contributed by atoms with Crippen LogP contribution in [0.15, 0.2) is 42.5 Å². The van der Waals surface area contributed by atoms with E-state index in [0.717, 1.165) is 35.1 Å².